The fourth-order valence-corrected chi connectivity index (χ4v) is 1.14. The van der Waals surface area contributed by atoms with Gasteiger partial charge in [-0.05, 0) is 13.3 Å². The molecule has 0 bridgehead atoms. The van der Waals surface area contributed by atoms with E-state index in [1.165, 1.54) is 18.0 Å². The van der Waals surface area contributed by atoms with Crippen LogP contribution in [0.1, 0.15) is 13.3 Å². The molecule has 0 spiro atoms. The van der Waals surface area contributed by atoms with E-state index in [0.29, 0.717) is 5.57 Å². The van der Waals surface area contributed by atoms with Gasteiger partial charge in [-0.2, -0.15) is 0 Å². The highest BCUT2D eigenvalue weighted by molar-refractivity contribution is 6.02. The second-order valence-electron chi connectivity index (χ2n) is 3.20. The fraction of sp³-hybridized carbons (Fsp3) is 0.273. The molecule has 0 heterocycles. The number of nitrogens with one attached hydrogen (secondary N) is 1. The second kappa shape index (κ2) is 5.17. The molecule has 1 unspecified atom stereocenters. The van der Waals surface area contributed by atoms with Gasteiger partial charge in [0.05, 0.1) is 6.04 Å². The number of rotatable bonds is 3. The zero-order valence-electron chi connectivity index (χ0n) is 8.27. The smallest absolute Gasteiger partial charge is 0.0717 e. The summed E-state index contributed by atoms with van der Waals surface area (Å²) in [6, 6.07) is 0.189. The lowest BCUT2D eigenvalue weighted by Crippen LogP contribution is -2.03. The zero-order valence-corrected chi connectivity index (χ0v) is 8.27. The molecule has 3 heteroatoms. The van der Waals surface area contributed by atoms with Crippen molar-refractivity contribution in [3.63, 3.8) is 0 Å². The molecule has 0 aromatic heterocycles. The zero-order chi connectivity index (χ0) is 10.4. The van der Waals surface area contributed by atoms with Crippen LogP contribution in [-0.2, 0) is 0 Å². The lowest BCUT2D eigenvalue weighted by Gasteiger charge is -2.09. The summed E-state index contributed by atoms with van der Waals surface area (Å²) in [6.07, 6.45) is 11.4. The first-order chi connectivity index (χ1) is 6.76. The van der Waals surface area contributed by atoms with Crippen molar-refractivity contribution in [2.45, 2.75) is 19.4 Å². The van der Waals surface area contributed by atoms with E-state index in [2.05, 4.69) is 30.1 Å². The predicted molar refractivity (Wildman–Crippen MR) is 60.8 cm³/mol. The van der Waals surface area contributed by atoms with E-state index >= 15 is 0 Å². The van der Waals surface area contributed by atoms with E-state index in [4.69, 9.17) is 11.1 Å². The van der Waals surface area contributed by atoms with Gasteiger partial charge in [-0.1, -0.05) is 23.8 Å². The lowest BCUT2D eigenvalue weighted by molar-refractivity contribution is 0.824. The molecule has 0 saturated carbocycles. The van der Waals surface area contributed by atoms with Gasteiger partial charge in [0.25, 0.3) is 0 Å². The van der Waals surface area contributed by atoms with Crippen LogP contribution in [0.5, 0.6) is 0 Å². The number of hydrogen-bond acceptors (Lipinski definition) is 3. The number of nitrogens with two attached hydrogens (primary N) is 1. The molecule has 1 rings (SSSR count). The summed E-state index contributed by atoms with van der Waals surface area (Å²) in [5.41, 5.74) is 7.19. The normalized spacial score (nSPS) is 22.5. The molecule has 74 valence electrons. The minimum atomic E-state index is 0.189. The maximum absolute atomic E-state index is 7.01. The quantitative estimate of drug-likeness (QED) is 0.653. The summed E-state index contributed by atoms with van der Waals surface area (Å²) >= 11 is 0. The van der Waals surface area contributed by atoms with Crippen LogP contribution in [0.15, 0.2) is 40.6 Å². The Hall–Kier alpha value is -1.64. The van der Waals surface area contributed by atoms with Crippen LogP contribution in [0.2, 0.25) is 0 Å². The van der Waals surface area contributed by atoms with Crippen LogP contribution in [0.4, 0.5) is 0 Å². The van der Waals surface area contributed by atoms with Gasteiger partial charge >= 0.3 is 0 Å². The molecule has 0 aromatic rings. The summed E-state index contributed by atoms with van der Waals surface area (Å²) in [5.74, 6) is 0. The second-order valence-corrected chi connectivity index (χ2v) is 3.20. The van der Waals surface area contributed by atoms with Crippen molar-refractivity contribution < 1.29 is 0 Å². The van der Waals surface area contributed by atoms with Crippen molar-refractivity contribution >= 4 is 12.4 Å². The molecule has 0 aliphatic heterocycles. The number of allylic oxidation sites excluding steroid dienone is 3. The Morgan fingerprint density at radius 2 is 2.50 bits per heavy atom. The third-order valence-electron chi connectivity index (χ3n) is 2.04. The molecule has 0 saturated heterocycles. The van der Waals surface area contributed by atoms with Crippen LogP contribution in [0, 0.1) is 5.41 Å². The first-order valence-electron chi connectivity index (χ1n) is 4.56. The highest BCUT2D eigenvalue weighted by Gasteiger charge is 2.03. The van der Waals surface area contributed by atoms with Crippen LogP contribution >= 0.6 is 0 Å². The molecule has 0 amide bonds. The van der Waals surface area contributed by atoms with Gasteiger partial charge in [-0.25, -0.2) is 0 Å². The van der Waals surface area contributed by atoms with Crippen LogP contribution in [0.3, 0.4) is 0 Å². The van der Waals surface area contributed by atoms with E-state index in [9.17, 15) is 0 Å². The molecule has 3 nitrogen and oxygen atoms in total. The maximum atomic E-state index is 7.01. The average molecular weight is 189 g/mol. The predicted octanol–water partition coefficient (Wildman–Crippen LogP) is 1.82. The van der Waals surface area contributed by atoms with Gasteiger partial charge in [0.2, 0.25) is 0 Å². The standard InChI is InChI=1S/C11H15N3/c1-9-2-4-11(5-3-9)14-8-10(6-12)7-13/h2-4,6-8,11-12H,5,13H2,1H3. The molecule has 14 heavy (non-hydrogen) atoms. The van der Waals surface area contributed by atoms with Gasteiger partial charge in [0, 0.05) is 24.2 Å². The summed E-state index contributed by atoms with van der Waals surface area (Å²) in [7, 11) is 0. The van der Waals surface area contributed by atoms with Crippen molar-refractivity contribution in [3.05, 3.63) is 35.6 Å². The Bertz CT molecular complexity index is 321. The summed E-state index contributed by atoms with van der Waals surface area (Å²) < 4.78 is 0. The molecule has 1 aliphatic carbocycles. The minimum Gasteiger partial charge on any atom is -0.404 e. The Morgan fingerprint density at radius 3 is 3.00 bits per heavy atom. The van der Waals surface area contributed by atoms with Gasteiger partial charge in [0.15, 0.2) is 0 Å². The van der Waals surface area contributed by atoms with E-state index in [1.54, 1.807) is 6.21 Å². The van der Waals surface area contributed by atoms with Crippen molar-refractivity contribution in [2.75, 3.05) is 0 Å². The molecule has 0 radical (unpaired) electrons. The van der Waals surface area contributed by atoms with E-state index in [-0.39, 0.29) is 6.04 Å². The topological polar surface area (TPSA) is 62.2 Å². The minimum absolute atomic E-state index is 0.189. The molecule has 0 fully saturated rings. The van der Waals surface area contributed by atoms with Crippen molar-refractivity contribution in [3.8, 4) is 0 Å². The van der Waals surface area contributed by atoms with Crippen LogP contribution < -0.4 is 5.73 Å². The third kappa shape index (κ3) is 3.01. The summed E-state index contributed by atoms with van der Waals surface area (Å²) in [4.78, 5) is 4.30. The van der Waals surface area contributed by atoms with Crippen LogP contribution in [-0.4, -0.2) is 18.5 Å². The number of hydrogen-bond donors (Lipinski definition) is 2. The first-order valence-corrected chi connectivity index (χ1v) is 4.56. The van der Waals surface area contributed by atoms with Crippen LogP contribution in [0.25, 0.3) is 0 Å². The molecular formula is C11H15N3. The first kappa shape index (κ1) is 10.4. The Labute approximate surface area is 84.2 Å². The average Bonchev–Trinajstić information content (AvgIpc) is 2.22. The maximum Gasteiger partial charge on any atom is 0.0717 e. The summed E-state index contributed by atoms with van der Waals surface area (Å²) in [5, 5.41) is 7.01. The monoisotopic (exact) mass is 189 g/mol. The van der Waals surface area contributed by atoms with Crippen molar-refractivity contribution in [2.24, 2.45) is 10.7 Å². The van der Waals surface area contributed by atoms with E-state index in [0.717, 1.165) is 6.42 Å². The largest absolute Gasteiger partial charge is 0.404 e. The van der Waals surface area contributed by atoms with Gasteiger partial charge in [-0.3, -0.25) is 4.99 Å². The molecule has 1 aliphatic rings. The number of nitrogens with zero attached hydrogens (tertiary/aromatic N) is 1. The van der Waals surface area contributed by atoms with Crippen molar-refractivity contribution in [1.29, 1.82) is 5.41 Å². The highest BCUT2D eigenvalue weighted by Crippen LogP contribution is 2.12. The fourth-order valence-electron chi connectivity index (χ4n) is 1.14. The van der Waals surface area contributed by atoms with Gasteiger partial charge in [0.1, 0.15) is 0 Å². The molecule has 0 aromatic carbocycles. The Morgan fingerprint density at radius 1 is 1.71 bits per heavy atom. The molecule has 1 atom stereocenters. The van der Waals surface area contributed by atoms with Gasteiger partial charge in [-0.15, -0.1) is 0 Å². The Balaban J connectivity index is 2.55. The summed E-state index contributed by atoms with van der Waals surface area (Å²) in [6.45, 7) is 2.07. The Kier molecular flexibility index (Phi) is 3.85. The van der Waals surface area contributed by atoms with Crippen molar-refractivity contribution in [1.82, 2.24) is 0 Å². The van der Waals surface area contributed by atoms with E-state index in [1.807, 2.05) is 0 Å². The molecule has 3 N–H and O–H groups in total. The lowest BCUT2D eigenvalue weighted by atomic mass is 10.0. The van der Waals surface area contributed by atoms with Gasteiger partial charge < -0.3 is 11.1 Å². The third-order valence-corrected chi connectivity index (χ3v) is 2.04. The van der Waals surface area contributed by atoms with E-state index < -0.39 is 0 Å². The SMILES string of the molecule is CC1=CCC(N=CC(C=N)=CN)C=C1. The molecular weight excluding hydrogens is 174 g/mol. The highest BCUT2D eigenvalue weighted by atomic mass is 14.8. The number of aliphatic imine (C=N–C) groups is 1.